The third kappa shape index (κ3) is 3.78. The van der Waals surface area contributed by atoms with E-state index in [2.05, 4.69) is 11.2 Å². The SMILES string of the molecule is C#CCCCNc1cc(OC)c(OC)cc1[N+](=O)[O-]. The molecule has 0 saturated carbocycles. The van der Waals surface area contributed by atoms with Gasteiger partial charge in [0.1, 0.15) is 5.69 Å². The molecule has 0 fully saturated rings. The van der Waals surface area contributed by atoms with Crippen molar-refractivity contribution < 1.29 is 14.4 Å². The number of hydrogen-bond acceptors (Lipinski definition) is 5. The van der Waals surface area contributed by atoms with Gasteiger partial charge in [-0.05, 0) is 6.42 Å². The zero-order chi connectivity index (χ0) is 14.3. The number of anilines is 1. The van der Waals surface area contributed by atoms with E-state index in [1.54, 1.807) is 6.07 Å². The molecule has 1 N–H and O–H groups in total. The molecule has 0 bridgehead atoms. The average Bonchev–Trinajstić information content (AvgIpc) is 2.42. The van der Waals surface area contributed by atoms with Crippen molar-refractivity contribution in [1.29, 1.82) is 0 Å². The van der Waals surface area contributed by atoms with Crippen LogP contribution in [0.5, 0.6) is 11.5 Å². The maximum atomic E-state index is 11.0. The van der Waals surface area contributed by atoms with Crippen LogP contribution in [0.1, 0.15) is 12.8 Å². The fraction of sp³-hybridized carbons (Fsp3) is 0.385. The Morgan fingerprint density at radius 2 is 2.00 bits per heavy atom. The van der Waals surface area contributed by atoms with E-state index >= 15 is 0 Å². The van der Waals surface area contributed by atoms with Crippen molar-refractivity contribution in [2.75, 3.05) is 26.1 Å². The molecule has 0 aromatic heterocycles. The fourth-order valence-corrected chi connectivity index (χ4v) is 1.57. The molecule has 1 rings (SSSR count). The quantitative estimate of drug-likeness (QED) is 0.354. The zero-order valence-electron chi connectivity index (χ0n) is 10.9. The Morgan fingerprint density at radius 3 is 2.53 bits per heavy atom. The summed E-state index contributed by atoms with van der Waals surface area (Å²) in [5.41, 5.74) is 0.332. The van der Waals surface area contributed by atoms with Gasteiger partial charge in [-0.15, -0.1) is 12.3 Å². The number of terminal acetylenes is 1. The van der Waals surface area contributed by atoms with Crippen molar-refractivity contribution in [3.8, 4) is 23.8 Å². The number of methoxy groups -OCH3 is 2. The van der Waals surface area contributed by atoms with Gasteiger partial charge in [0.2, 0.25) is 0 Å². The molecule has 0 spiro atoms. The molecular formula is C13H16N2O4. The van der Waals surface area contributed by atoms with Gasteiger partial charge in [-0.2, -0.15) is 0 Å². The molecule has 102 valence electrons. The molecule has 1 aromatic rings. The first-order chi connectivity index (χ1) is 9.13. The van der Waals surface area contributed by atoms with E-state index in [0.717, 1.165) is 6.42 Å². The van der Waals surface area contributed by atoms with Gasteiger partial charge in [0, 0.05) is 19.0 Å². The van der Waals surface area contributed by atoms with Crippen LogP contribution in [0.15, 0.2) is 12.1 Å². The highest BCUT2D eigenvalue weighted by molar-refractivity contribution is 5.68. The second-order valence-electron chi connectivity index (χ2n) is 3.72. The summed E-state index contributed by atoms with van der Waals surface area (Å²) in [4.78, 5) is 10.5. The lowest BCUT2D eigenvalue weighted by molar-refractivity contribution is -0.384. The third-order valence-electron chi connectivity index (χ3n) is 2.51. The number of nitro benzene ring substituents is 1. The van der Waals surface area contributed by atoms with Crippen molar-refractivity contribution in [3.63, 3.8) is 0 Å². The Kier molecular flexibility index (Phi) is 5.48. The first kappa shape index (κ1) is 14.6. The lowest BCUT2D eigenvalue weighted by Crippen LogP contribution is -2.05. The average molecular weight is 264 g/mol. The molecule has 19 heavy (non-hydrogen) atoms. The standard InChI is InChI=1S/C13H16N2O4/c1-4-5-6-7-14-10-8-12(18-2)13(19-3)9-11(10)15(16)17/h1,8-9,14H,5-7H2,2-3H3. The smallest absolute Gasteiger partial charge is 0.296 e. The molecule has 6 nitrogen and oxygen atoms in total. The molecular weight excluding hydrogens is 248 g/mol. The highest BCUT2D eigenvalue weighted by atomic mass is 16.6. The number of nitro groups is 1. The third-order valence-corrected chi connectivity index (χ3v) is 2.51. The van der Waals surface area contributed by atoms with E-state index in [-0.39, 0.29) is 5.69 Å². The van der Waals surface area contributed by atoms with Crippen molar-refractivity contribution >= 4 is 11.4 Å². The summed E-state index contributed by atoms with van der Waals surface area (Å²) in [6, 6.07) is 2.88. The minimum atomic E-state index is -0.467. The van der Waals surface area contributed by atoms with Crippen LogP contribution >= 0.6 is 0 Å². The summed E-state index contributed by atoms with van der Waals surface area (Å²) >= 11 is 0. The predicted molar refractivity (Wildman–Crippen MR) is 72.8 cm³/mol. The van der Waals surface area contributed by atoms with Gasteiger partial charge in [-0.25, -0.2) is 0 Å². The van der Waals surface area contributed by atoms with Gasteiger partial charge in [0.25, 0.3) is 5.69 Å². The maximum Gasteiger partial charge on any atom is 0.296 e. The Balaban J connectivity index is 2.99. The van der Waals surface area contributed by atoms with E-state index in [0.29, 0.717) is 30.2 Å². The second kappa shape index (κ2) is 7.11. The van der Waals surface area contributed by atoms with Gasteiger partial charge >= 0.3 is 0 Å². The number of nitrogens with one attached hydrogen (secondary N) is 1. The molecule has 0 radical (unpaired) electrons. The van der Waals surface area contributed by atoms with Gasteiger partial charge in [-0.1, -0.05) is 0 Å². The number of ether oxygens (including phenoxy) is 2. The topological polar surface area (TPSA) is 73.6 Å². The second-order valence-corrected chi connectivity index (χ2v) is 3.72. The van der Waals surface area contributed by atoms with Crippen LogP contribution in [0.2, 0.25) is 0 Å². The van der Waals surface area contributed by atoms with E-state index in [9.17, 15) is 10.1 Å². The Bertz CT molecular complexity index is 494. The summed E-state index contributed by atoms with van der Waals surface area (Å²) in [5.74, 6) is 3.27. The van der Waals surface area contributed by atoms with Gasteiger partial charge in [0.15, 0.2) is 11.5 Å². The van der Waals surface area contributed by atoms with E-state index in [1.807, 2.05) is 0 Å². The molecule has 0 aliphatic carbocycles. The molecule has 0 amide bonds. The summed E-state index contributed by atoms with van der Waals surface area (Å²) in [5, 5.41) is 14.0. The Morgan fingerprint density at radius 1 is 1.37 bits per heavy atom. The van der Waals surface area contributed by atoms with Crippen LogP contribution in [0.3, 0.4) is 0 Å². The summed E-state index contributed by atoms with van der Waals surface area (Å²) in [6.07, 6.45) is 6.50. The summed E-state index contributed by atoms with van der Waals surface area (Å²) in [7, 11) is 2.91. The molecule has 6 heteroatoms. The molecule has 0 atom stereocenters. The van der Waals surface area contributed by atoms with Crippen LogP contribution in [0.4, 0.5) is 11.4 Å². The van der Waals surface area contributed by atoms with E-state index < -0.39 is 4.92 Å². The minimum absolute atomic E-state index is 0.0571. The Hall–Kier alpha value is -2.42. The van der Waals surface area contributed by atoms with Crippen LogP contribution < -0.4 is 14.8 Å². The molecule has 0 saturated heterocycles. The van der Waals surface area contributed by atoms with Crippen molar-refractivity contribution in [3.05, 3.63) is 22.2 Å². The van der Waals surface area contributed by atoms with Crippen molar-refractivity contribution in [1.82, 2.24) is 0 Å². The van der Waals surface area contributed by atoms with Crippen LogP contribution in [0.25, 0.3) is 0 Å². The molecule has 0 heterocycles. The monoisotopic (exact) mass is 264 g/mol. The van der Waals surface area contributed by atoms with Crippen LogP contribution in [0, 0.1) is 22.5 Å². The van der Waals surface area contributed by atoms with Crippen LogP contribution in [-0.2, 0) is 0 Å². The first-order valence-electron chi connectivity index (χ1n) is 5.71. The maximum absolute atomic E-state index is 11.0. The molecule has 0 aliphatic heterocycles. The normalized spacial score (nSPS) is 9.53. The lowest BCUT2D eigenvalue weighted by Gasteiger charge is -2.11. The fourth-order valence-electron chi connectivity index (χ4n) is 1.57. The first-order valence-corrected chi connectivity index (χ1v) is 5.71. The molecule has 0 unspecified atom stereocenters. The lowest BCUT2D eigenvalue weighted by atomic mass is 10.2. The molecule has 1 aromatic carbocycles. The summed E-state index contributed by atoms with van der Waals surface area (Å²) < 4.78 is 10.2. The number of hydrogen-bond donors (Lipinski definition) is 1. The van der Waals surface area contributed by atoms with Crippen molar-refractivity contribution in [2.24, 2.45) is 0 Å². The number of unbranched alkanes of at least 4 members (excludes halogenated alkanes) is 1. The zero-order valence-corrected chi connectivity index (χ0v) is 10.9. The minimum Gasteiger partial charge on any atom is -0.493 e. The van der Waals surface area contributed by atoms with Crippen LogP contribution in [-0.4, -0.2) is 25.7 Å². The van der Waals surface area contributed by atoms with E-state index in [1.165, 1.54) is 20.3 Å². The number of nitrogens with zero attached hydrogens (tertiary/aromatic N) is 1. The van der Waals surface area contributed by atoms with Gasteiger partial charge in [-0.3, -0.25) is 10.1 Å². The Labute approximate surface area is 111 Å². The highest BCUT2D eigenvalue weighted by Gasteiger charge is 2.19. The number of rotatable bonds is 7. The van der Waals surface area contributed by atoms with Gasteiger partial charge in [0.05, 0.1) is 25.2 Å². The van der Waals surface area contributed by atoms with E-state index in [4.69, 9.17) is 15.9 Å². The molecule has 0 aliphatic rings. The largest absolute Gasteiger partial charge is 0.493 e. The highest BCUT2D eigenvalue weighted by Crippen LogP contribution is 2.37. The van der Waals surface area contributed by atoms with Gasteiger partial charge < -0.3 is 14.8 Å². The summed E-state index contributed by atoms with van der Waals surface area (Å²) in [6.45, 7) is 0.556. The van der Waals surface area contributed by atoms with Crippen molar-refractivity contribution in [2.45, 2.75) is 12.8 Å². The predicted octanol–water partition coefficient (Wildman–Crippen LogP) is 2.44. The number of benzene rings is 1.